The third-order valence-electron chi connectivity index (χ3n) is 6.47. The first-order valence-corrected chi connectivity index (χ1v) is 12.4. The highest BCUT2D eigenvalue weighted by Gasteiger charge is 2.50. The number of amides is 1. The second kappa shape index (κ2) is 8.38. The summed E-state index contributed by atoms with van der Waals surface area (Å²) in [6.45, 7) is 0.864. The molecule has 2 aliphatic rings. The van der Waals surface area contributed by atoms with E-state index in [2.05, 4.69) is 16.7 Å². The van der Waals surface area contributed by atoms with Gasteiger partial charge in [-0.25, -0.2) is 8.42 Å². The molecule has 1 heterocycles. The van der Waals surface area contributed by atoms with E-state index >= 15 is 0 Å². The molecule has 1 saturated carbocycles. The van der Waals surface area contributed by atoms with Crippen molar-refractivity contribution in [1.29, 1.82) is 10.5 Å². The van der Waals surface area contributed by atoms with Crippen LogP contribution in [0.5, 0.6) is 0 Å². The number of nitriles is 2. The lowest BCUT2D eigenvalue weighted by Gasteiger charge is -2.27. The first-order chi connectivity index (χ1) is 15.2. The molecule has 164 valence electrons. The summed E-state index contributed by atoms with van der Waals surface area (Å²) >= 11 is 0. The molecular formula is C24H24N4O3S. The number of piperidine rings is 1. The molecule has 1 saturated heterocycles. The maximum Gasteiger partial charge on any atom is 0.241 e. The van der Waals surface area contributed by atoms with Gasteiger partial charge in [0.1, 0.15) is 12.1 Å². The third-order valence-corrected chi connectivity index (χ3v) is 7.61. The SMILES string of the molecule is CS(=O)(=O)c1cc(-c2ccc(CC(C#N)NC(=O)C34CCC(CN3)C4)cc2)ccc1C#N. The van der Waals surface area contributed by atoms with Crippen molar-refractivity contribution in [3.05, 3.63) is 53.6 Å². The fourth-order valence-electron chi connectivity index (χ4n) is 4.70. The van der Waals surface area contributed by atoms with E-state index < -0.39 is 21.4 Å². The minimum Gasteiger partial charge on any atom is -0.338 e. The van der Waals surface area contributed by atoms with Crippen molar-refractivity contribution in [2.24, 2.45) is 5.92 Å². The van der Waals surface area contributed by atoms with E-state index in [-0.39, 0.29) is 16.4 Å². The quantitative estimate of drug-likeness (QED) is 0.699. The molecule has 7 nitrogen and oxygen atoms in total. The summed E-state index contributed by atoms with van der Waals surface area (Å²) in [5.74, 6) is 0.464. The minimum atomic E-state index is -3.53. The Morgan fingerprint density at radius 1 is 1.22 bits per heavy atom. The van der Waals surface area contributed by atoms with E-state index in [4.69, 9.17) is 0 Å². The van der Waals surface area contributed by atoms with Crippen LogP contribution in [0, 0.1) is 28.6 Å². The van der Waals surface area contributed by atoms with Crippen LogP contribution in [-0.4, -0.2) is 38.7 Å². The number of carbonyl (C=O) groups is 1. The average molecular weight is 449 g/mol. The molecule has 3 atom stereocenters. The standard InChI is InChI=1S/C24H24N4O3S/c1-32(30,31)22-11-19(6-7-20(22)13-25)18-4-2-16(3-5-18)10-21(14-26)28-23(29)24-9-8-17(12-24)15-27-24/h2-7,11,17,21,27H,8-10,12,15H2,1H3,(H,28,29). The van der Waals surface area contributed by atoms with Gasteiger partial charge in [0.05, 0.1) is 22.1 Å². The Bertz CT molecular complexity index is 1230. The predicted molar refractivity (Wildman–Crippen MR) is 119 cm³/mol. The Morgan fingerprint density at radius 2 is 1.94 bits per heavy atom. The molecule has 1 amide bonds. The van der Waals surface area contributed by atoms with Gasteiger partial charge in [-0.15, -0.1) is 0 Å². The molecule has 0 radical (unpaired) electrons. The first-order valence-electron chi connectivity index (χ1n) is 10.5. The van der Waals surface area contributed by atoms with Crippen LogP contribution in [0.1, 0.15) is 30.4 Å². The van der Waals surface area contributed by atoms with Crippen LogP contribution >= 0.6 is 0 Å². The zero-order chi connectivity index (χ0) is 22.9. The fourth-order valence-corrected chi connectivity index (χ4v) is 5.56. The van der Waals surface area contributed by atoms with Crippen molar-refractivity contribution in [3.8, 4) is 23.3 Å². The molecule has 3 unspecified atom stereocenters. The Hall–Kier alpha value is -3.20. The van der Waals surface area contributed by atoms with Crippen LogP contribution in [0.2, 0.25) is 0 Å². The van der Waals surface area contributed by atoms with Crippen molar-refractivity contribution in [2.45, 2.75) is 42.2 Å². The van der Waals surface area contributed by atoms with Gasteiger partial charge in [0, 0.05) is 12.7 Å². The van der Waals surface area contributed by atoms with E-state index in [0.29, 0.717) is 17.9 Å². The number of carbonyl (C=O) groups excluding carboxylic acids is 1. The number of hydrogen-bond acceptors (Lipinski definition) is 6. The van der Waals surface area contributed by atoms with Crippen molar-refractivity contribution >= 4 is 15.7 Å². The van der Waals surface area contributed by atoms with Crippen LogP contribution < -0.4 is 10.6 Å². The number of benzene rings is 2. The number of fused-ring (bicyclic) bond motifs is 2. The number of nitrogens with one attached hydrogen (secondary N) is 2. The topological polar surface area (TPSA) is 123 Å². The molecule has 0 spiro atoms. The summed E-state index contributed by atoms with van der Waals surface area (Å²) in [5, 5.41) is 25.0. The number of sulfone groups is 1. The normalized spacial score (nSPS) is 22.7. The van der Waals surface area contributed by atoms with E-state index in [1.807, 2.05) is 30.3 Å². The average Bonchev–Trinajstić information content (AvgIpc) is 3.41. The molecule has 2 N–H and O–H groups in total. The fraction of sp³-hybridized carbons (Fsp3) is 0.375. The molecule has 4 rings (SSSR count). The van der Waals surface area contributed by atoms with E-state index in [0.717, 1.165) is 43.2 Å². The van der Waals surface area contributed by atoms with Gasteiger partial charge in [-0.1, -0.05) is 30.3 Å². The lowest BCUT2D eigenvalue weighted by atomic mass is 9.96. The van der Waals surface area contributed by atoms with Crippen LogP contribution in [0.25, 0.3) is 11.1 Å². The van der Waals surface area contributed by atoms with Gasteiger partial charge in [0.2, 0.25) is 5.91 Å². The van der Waals surface area contributed by atoms with Crippen molar-refractivity contribution in [2.75, 3.05) is 12.8 Å². The summed E-state index contributed by atoms with van der Waals surface area (Å²) in [4.78, 5) is 12.8. The van der Waals surface area contributed by atoms with Crippen LogP contribution in [0.4, 0.5) is 0 Å². The highest BCUT2D eigenvalue weighted by molar-refractivity contribution is 7.90. The number of hydrogen-bond donors (Lipinski definition) is 2. The Labute approximate surface area is 188 Å². The van der Waals surface area contributed by atoms with Gasteiger partial charge < -0.3 is 10.6 Å². The zero-order valence-corrected chi connectivity index (χ0v) is 18.6. The molecule has 1 aliphatic carbocycles. The second-order valence-corrected chi connectivity index (χ2v) is 10.7. The predicted octanol–water partition coefficient (Wildman–Crippen LogP) is 2.32. The molecule has 2 fully saturated rings. The lowest BCUT2D eigenvalue weighted by molar-refractivity contribution is -0.127. The smallest absolute Gasteiger partial charge is 0.241 e. The summed E-state index contributed by atoms with van der Waals surface area (Å²) < 4.78 is 24.0. The molecule has 1 aliphatic heterocycles. The molecule has 2 aromatic carbocycles. The lowest BCUT2D eigenvalue weighted by Crippen LogP contribution is -2.55. The second-order valence-electron chi connectivity index (χ2n) is 8.72. The van der Waals surface area contributed by atoms with E-state index in [9.17, 15) is 23.7 Å². The third kappa shape index (κ3) is 4.25. The van der Waals surface area contributed by atoms with Gasteiger partial charge >= 0.3 is 0 Å². The zero-order valence-electron chi connectivity index (χ0n) is 17.8. The van der Waals surface area contributed by atoms with E-state index in [1.165, 1.54) is 12.1 Å². The van der Waals surface area contributed by atoms with Crippen molar-refractivity contribution in [3.63, 3.8) is 0 Å². The van der Waals surface area contributed by atoms with Crippen molar-refractivity contribution < 1.29 is 13.2 Å². The highest BCUT2D eigenvalue weighted by Crippen LogP contribution is 2.40. The van der Waals surface area contributed by atoms with Gasteiger partial charge in [-0.3, -0.25) is 4.79 Å². The first kappa shape index (κ1) is 22.0. The van der Waals surface area contributed by atoms with Crippen LogP contribution in [-0.2, 0) is 21.1 Å². The Balaban J connectivity index is 1.47. The van der Waals surface area contributed by atoms with E-state index in [1.54, 1.807) is 6.07 Å². The number of rotatable bonds is 6. The van der Waals surface area contributed by atoms with Gasteiger partial charge in [-0.05, 0) is 60.5 Å². The molecule has 32 heavy (non-hydrogen) atoms. The highest BCUT2D eigenvalue weighted by atomic mass is 32.2. The van der Waals surface area contributed by atoms with Gasteiger partial charge in [-0.2, -0.15) is 10.5 Å². The molecule has 0 aromatic heterocycles. The minimum absolute atomic E-state index is 0.00267. The Kier molecular flexibility index (Phi) is 5.77. The van der Waals surface area contributed by atoms with Gasteiger partial charge in [0.25, 0.3) is 0 Å². The summed E-state index contributed by atoms with van der Waals surface area (Å²) in [6, 6.07) is 15.6. The maximum atomic E-state index is 12.8. The summed E-state index contributed by atoms with van der Waals surface area (Å²) in [5.41, 5.74) is 1.97. The Morgan fingerprint density at radius 3 is 2.47 bits per heavy atom. The molecule has 2 bridgehead atoms. The number of nitrogens with zero attached hydrogens (tertiary/aromatic N) is 2. The molecule has 8 heteroatoms. The van der Waals surface area contributed by atoms with Crippen LogP contribution in [0.15, 0.2) is 47.4 Å². The largest absolute Gasteiger partial charge is 0.338 e. The summed E-state index contributed by atoms with van der Waals surface area (Å²) in [7, 11) is -3.53. The summed E-state index contributed by atoms with van der Waals surface area (Å²) in [6.07, 6.45) is 4.17. The van der Waals surface area contributed by atoms with Crippen molar-refractivity contribution in [1.82, 2.24) is 10.6 Å². The molecule has 2 aromatic rings. The van der Waals surface area contributed by atoms with Crippen LogP contribution in [0.3, 0.4) is 0 Å². The van der Waals surface area contributed by atoms with Gasteiger partial charge in [0.15, 0.2) is 9.84 Å². The molecular weight excluding hydrogens is 424 g/mol. The monoisotopic (exact) mass is 448 g/mol. The maximum absolute atomic E-state index is 12.8.